The fraction of sp³-hybridized carbons (Fsp3) is 0.333. The Hall–Kier alpha value is -3.85. The number of nitrogens with zero attached hydrogens (tertiary/aromatic N) is 2. The number of ether oxygens (including phenoxy) is 2. The lowest BCUT2D eigenvalue weighted by atomic mass is 10.0. The zero-order valence-corrected chi connectivity index (χ0v) is 21.8. The van der Waals surface area contributed by atoms with E-state index in [9.17, 15) is 18.0 Å². The summed E-state index contributed by atoms with van der Waals surface area (Å²) in [5.74, 6) is 0.377. The molecule has 0 bridgehead atoms. The number of nitrogens with two attached hydrogens (primary N) is 1. The smallest absolute Gasteiger partial charge is 0.433 e. The van der Waals surface area contributed by atoms with E-state index in [0.29, 0.717) is 42.9 Å². The second kappa shape index (κ2) is 12.8. The lowest BCUT2D eigenvalue weighted by Crippen LogP contribution is -2.25. The Morgan fingerprint density at radius 2 is 1.87 bits per heavy atom. The van der Waals surface area contributed by atoms with Gasteiger partial charge in [0.15, 0.2) is 0 Å². The molecule has 2 N–H and O–H groups in total. The Labute approximate surface area is 225 Å². The molecule has 1 aromatic heterocycles. The van der Waals surface area contributed by atoms with Crippen LogP contribution in [0, 0.1) is 0 Å². The van der Waals surface area contributed by atoms with Gasteiger partial charge in [0, 0.05) is 17.2 Å². The molecule has 0 saturated heterocycles. The van der Waals surface area contributed by atoms with Crippen molar-refractivity contribution in [1.82, 2.24) is 9.55 Å². The number of hydrogen-bond donors (Lipinski definition) is 1. The minimum absolute atomic E-state index is 0.0699. The van der Waals surface area contributed by atoms with E-state index in [-0.39, 0.29) is 30.8 Å². The average molecular weight is 540 g/mol. The van der Waals surface area contributed by atoms with Crippen LogP contribution in [0.4, 0.5) is 13.2 Å². The number of aromatic nitrogens is 2. The SMILES string of the molecule is CCOC(=O)C[C@H](N)CCCOc1ccccc1Cn1c(C(F)(F)F)cnc1-c1ccc(C2=CC=CC2)cc1. The van der Waals surface area contributed by atoms with E-state index in [4.69, 9.17) is 15.2 Å². The molecule has 0 amide bonds. The molecule has 1 aliphatic rings. The highest BCUT2D eigenvalue weighted by molar-refractivity contribution is 5.72. The molecule has 0 spiro atoms. The number of imidazole rings is 1. The topological polar surface area (TPSA) is 79.4 Å². The predicted octanol–water partition coefficient (Wildman–Crippen LogP) is 6.40. The Balaban J connectivity index is 1.49. The molecular weight excluding hydrogens is 507 g/mol. The van der Waals surface area contributed by atoms with Crippen LogP contribution in [-0.2, 0) is 22.3 Å². The number of allylic oxidation sites excluding steroid dienone is 4. The van der Waals surface area contributed by atoms with Gasteiger partial charge in [-0.25, -0.2) is 4.98 Å². The molecule has 1 heterocycles. The highest BCUT2D eigenvalue weighted by atomic mass is 19.4. The van der Waals surface area contributed by atoms with Crippen molar-refractivity contribution in [2.75, 3.05) is 13.2 Å². The van der Waals surface area contributed by atoms with Crippen molar-refractivity contribution < 1.29 is 27.4 Å². The van der Waals surface area contributed by atoms with E-state index in [2.05, 4.69) is 11.1 Å². The summed E-state index contributed by atoms with van der Waals surface area (Å²) in [6.07, 6.45) is 4.47. The van der Waals surface area contributed by atoms with Gasteiger partial charge in [-0.3, -0.25) is 4.79 Å². The summed E-state index contributed by atoms with van der Waals surface area (Å²) < 4.78 is 53.9. The molecule has 39 heavy (non-hydrogen) atoms. The lowest BCUT2D eigenvalue weighted by Gasteiger charge is -2.17. The molecule has 4 rings (SSSR count). The largest absolute Gasteiger partial charge is 0.493 e. The van der Waals surface area contributed by atoms with E-state index in [1.54, 1.807) is 43.3 Å². The number of para-hydroxylation sites is 1. The summed E-state index contributed by atoms with van der Waals surface area (Å²) in [4.78, 5) is 15.7. The molecule has 9 heteroatoms. The van der Waals surface area contributed by atoms with Crippen LogP contribution < -0.4 is 10.5 Å². The van der Waals surface area contributed by atoms with Gasteiger partial charge < -0.3 is 19.8 Å². The third kappa shape index (κ3) is 7.38. The number of esters is 1. The summed E-state index contributed by atoms with van der Waals surface area (Å²) in [7, 11) is 0. The number of alkyl halides is 3. The summed E-state index contributed by atoms with van der Waals surface area (Å²) in [6, 6.07) is 14.1. The average Bonchev–Trinajstić information content (AvgIpc) is 3.58. The van der Waals surface area contributed by atoms with E-state index in [1.165, 1.54) is 4.57 Å². The molecule has 0 aliphatic heterocycles. The van der Waals surface area contributed by atoms with Gasteiger partial charge in [0.25, 0.3) is 0 Å². The van der Waals surface area contributed by atoms with Crippen LogP contribution in [0.15, 0.2) is 73.0 Å². The maximum absolute atomic E-state index is 14.0. The first kappa shape index (κ1) is 28.2. The molecular formula is C30H32F3N3O3. The Bertz CT molecular complexity index is 1330. The minimum Gasteiger partial charge on any atom is -0.493 e. The quantitative estimate of drug-likeness (QED) is 0.213. The maximum atomic E-state index is 14.0. The van der Waals surface area contributed by atoms with Gasteiger partial charge in [-0.05, 0) is 43.4 Å². The standard InChI is InChI=1S/C30H32F3N3O3/c1-2-38-28(37)18-25(34)11-7-17-39-26-12-6-5-10-24(26)20-36-27(30(31,32)33)19-35-29(36)23-15-13-22(14-16-23)21-8-3-4-9-21/h3-6,8,10,12-16,19,25H,2,7,9,11,17-18,20,34H2,1H3/t25-/m1/s1. The first-order valence-electron chi connectivity index (χ1n) is 13.0. The number of hydrogen-bond acceptors (Lipinski definition) is 5. The molecule has 1 aliphatic carbocycles. The molecule has 0 unspecified atom stereocenters. The van der Waals surface area contributed by atoms with Crippen LogP contribution in [0.1, 0.15) is 49.4 Å². The van der Waals surface area contributed by atoms with Crippen molar-refractivity contribution in [2.45, 2.75) is 51.4 Å². The first-order chi connectivity index (χ1) is 18.8. The second-order valence-corrected chi connectivity index (χ2v) is 9.32. The van der Waals surface area contributed by atoms with Crippen molar-refractivity contribution in [3.63, 3.8) is 0 Å². The molecule has 3 aromatic rings. The third-order valence-electron chi connectivity index (χ3n) is 6.44. The zero-order valence-electron chi connectivity index (χ0n) is 21.8. The number of benzene rings is 2. The second-order valence-electron chi connectivity index (χ2n) is 9.32. The summed E-state index contributed by atoms with van der Waals surface area (Å²) in [5.41, 5.74) is 8.54. The molecule has 1 atom stereocenters. The zero-order chi connectivity index (χ0) is 27.8. The summed E-state index contributed by atoms with van der Waals surface area (Å²) in [6.45, 7) is 2.28. The number of halogens is 3. The number of carbonyl (C=O) groups is 1. The van der Waals surface area contributed by atoms with Crippen molar-refractivity contribution in [3.8, 4) is 17.1 Å². The maximum Gasteiger partial charge on any atom is 0.433 e. The third-order valence-corrected chi connectivity index (χ3v) is 6.44. The van der Waals surface area contributed by atoms with Crippen LogP contribution in [0.5, 0.6) is 5.75 Å². The van der Waals surface area contributed by atoms with Crippen LogP contribution in [0.25, 0.3) is 17.0 Å². The van der Waals surface area contributed by atoms with Crippen molar-refractivity contribution in [1.29, 1.82) is 0 Å². The Kier molecular flexibility index (Phi) is 9.24. The Morgan fingerprint density at radius 1 is 1.13 bits per heavy atom. The van der Waals surface area contributed by atoms with Crippen LogP contribution >= 0.6 is 0 Å². The highest BCUT2D eigenvalue weighted by Crippen LogP contribution is 2.35. The van der Waals surface area contributed by atoms with E-state index >= 15 is 0 Å². The molecule has 2 aromatic carbocycles. The van der Waals surface area contributed by atoms with Crippen LogP contribution in [0.3, 0.4) is 0 Å². The van der Waals surface area contributed by atoms with Crippen molar-refractivity contribution >= 4 is 11.5 Å². The molecule has 206 valence electrons. The van der Waals surface area contributed by atoms with Crippen LogP contribution in [0.2, 0.25) is 0 Å². The van der Waals surface area contributed by atoms with Gasteiger partial charge in [-0.1, -0.05) is 60.7 Å². The van der Waals surface area contributed by atoms with Gasteiger partial charge >= 0.3 is 12.1 Å². The molecule has 6 nitrogen and oxygen atoms in total. The molecule has 0 radical (unpaired) electrons. The van der Waals surface area contributed by atoms with Gasteiger partial charge in [0.2, 0.25) is 0 Å². The fourth-order valence-corrected chi connectivity index (χ4v) is 4.50. The van der Waals surface area contributed by atoms with E-state index in [1.807, 2.05) is 24.3 Å². The summed E-state index contributed by atoms with van der Waals surface area (Å²) >= 11 is 0. The Morgan fingerprint density at radius 3 is 2.56 bits per heavy atom. The predicted molar refractivity (Wildman–Crippen MR) is 144 cm³/mol. The van der Waals surface area contributed by atoms with E-state index in [0.717, 1.165) is 23.8 Å². The lowest BCUT2D eigenvalue weighted by molar-refractivity contribution is -0.144. The monoisotopic (exact) mass is 539 g/mol. The molecule has 0 saturated carbocycles. The van der Waals surface area contributed by atoms with Gasteiger partial charge in [-0.15, -0.1) is 0 Å². The first-order valence-corrected chi connectivity index (χ1v) is 13.0. The van der Waals surface area contributed by atoms with Gasteiger partial charge in [-0.2, -0.15) is 13.2 Å². The van der Waals surface area contributed by atoms with E-state index < -0.39 is 11.9 Å². The normalized spacial score (nSPS) is 13.8. The van der Waals surface area contributed by atoms with Crippen molar-refractivity contribution in [3.05, 3.63) is 89.8 Å². The van der Waals surface area contributed by atoms with Crippen LogP contribution in [-0.4, -0.2) is 34.8 Å². The molecule has 0 fully saturated rings. The fourth-order valence-electron chi connectivity index (χ4n) is 4.50. The number of rotatable bonds is 12. The highest BCUT2D eigenvalue weighted by Gasteiger charge is 2.36. The van der Waals surface area contributed by atoms with Crippen molar-refractivity contribution in [2.24, 2.45) is 5.73 Å². The minimum atomic E-state index is -4.57. The van der Waals surface area contributed by atoms with Gasteiger partial charge in [0.1, 0.15) is 17.3 Å². The summed E-state index contributed by atoms with van der Waals surface area (Å²) in [5, 5.41) is 0. The van der Waals surface area contributed by atoms with Gasteiger partial charge in [0.05, 0.1) is 32.4 Å². The number of carbonyl (C=O) groups excluding carboxylic acids is 1.